The topological polar surface area (TPSA) is 134 Å². The summed E-state index contributed by atoms with van der Waals surface area (Å²) in [4.78, 5) is 35.3. The van der Waals surface area contributed by atoms with Gasteiger partial charge in [0, 0.05) is 19.4 Å². The highest BCUT2D eigenvalue weighted by atomic mass is 31.2. The molecule has 2 atom stereocenters. The number of phosphoric acid groups is 1. The number of phosphoric ester groups is 1. The van der Waals surface area contributed by atoms with Gasteiger partial charge in [0.05, 0.1) is 13.2 Å². The van der Waals surface area contributed by atoms with Gasteiger partial charge in [0.15, 0.2) is 6.10 Å². The third kappa shape index (κ3) is 64.0. The van der Waals surface area contributed by atoms with Gasteiger partial charge in [0.1, 0.15) is 6.61 Å². The molecule has 0 bridgehead atoms. The number of carbonyl (C=O) groups excluding carboxylic acids is 2. The van der Waals surface area contributed by atoms with Crippen LogP contribution in [-0.2, 0) is 32.7 Å². The van der Waals surface area contributed by atoms with E-state index in [0.29, 0.717) is 6.42 Å². The summed E-state index contributed by atoms with van der Waals surface area (Å²) >= 11 is 0. The van der Waals surface area contributed by atoms with Crippen LogP contribution in [0.2, 0.25) is 0 Å². The number of allylic oxidation sites excluding steroid dienone is 16. The lowest BCUT2D eigenvalue weighted by Crippen LogP contribution is -2.29. The Kier molecular flexibility index (Phi) is 61.6. The van der Waals surface area contributed by atoms with Crippen LogP contribution >= 0.6 is 7.82 Å². The summed E-state index contributed by atoms with van der Waals surface area (Å²) in [6.07, 6.45) is 86.2. The minimum absolute atomic E-state index is 0.0491. The van der Waals surface area contributed by atoms with Crippen molar-refractivity contribution in [3.8, 4) is 0 Å². The molecule has 0 heterocycles. The van der Waals surface area contributed by atoms with Gasteiger partial charge >= 0.3 is 19.8 Å². The zero-order valence-corrected chi connectivity index (χ0v) is 52.0. The van der Waals surface area contributed by atoms with Crippen LogP contribution < -0.4 is 5.73 Å². The van der Waals surface area contributed by atoms with Crippen LogP contribution in [-0.4, -0.2) is 49.3 Å². The van der Waals surface area contributed by atoms with Crippen molar-refractivity contribution in [2.45, 2.75) is 302 Å². The highest BCUT2D eigenvalue weighted by Gasteiger charge is 2.26. The molecule has 9 nitrogen and oxygen atoms in total. The fourth-order valence-corrected chi connectivity index (χ4v) is 9.91. The minimum atomic E-state index is -4.40. The van der Waals surface area contributed by atoms with E-state index >= 15 is 0 Å². The predicted octanol–water partition coefficient (Wildman–Crippen LogP) is 21.2. The molecular formula is C69H122NO8P. The summed E-state index contributed by atoms with van der Waals surface area (Å²) in [6.45, 7) is 3.64. The fourth-order valence-electron chi connectivity index (χ4n) is 9.14. The van der Waals surface area contributed by atoms with Crippen molar-refractivity contribution in [3.63, 3.8) is 0 Å². The lowest BCUT2D eigenvalue weighted by atomic mass is 10.0. The molecule has 0 fully saturated rings. The van der Waals surface area contributed by atoms with E-state index in [4.69, 9.17) is 24.3 Å². The van der Waals surface area contributed by atoms with E-state index in [9.17, 15) is 19.0 Å². The average molecular weight is 1120 g/mol. The molecule has 0 rings (SSSR count). The van der Waals surface area contributed by atoms with Crippen LogP contribution in [0.3, 0.4) is 0 Å². The number of nitrogens with two attached hydrogens (primary N) is 1. The van der Waals surface area contributed by atoms with Gasteiger partial charge in [-0.3, -0.25) is 18.6 Å². The molecule has 0 aliphatic heterocycles. The van der Waals surface area contributed by atoms with Gasteiger partial charge in [-0.25, -0.2) is 4.57 Å². The van der Waals surface area contributed by atoms with E-state index in [1.165, 1.54) is 173 Å². The molecule has 2 unspecified atom stereocenters. The minimum Gasteiger partial charge on any atom is -0.462 e. The van der Waals surface area contributed by atoms with Crippen molar-refractivity contribution in [2.24, 2.45) is 5.73 Å². The van der Waals surface area contributed by atoms with Gasteiger partial charge < -0.3 is 20.1 Å². The van der Waals surface area contributed by atoms with Crippen molar-refractivity contribution >= 4 is 19.8 Å². The van der Waals surface area contributed by atoms with Crippen LogP contribution in [0.5, 0.6) is 0 Å². The molecule has 0 aromatic heterocycles. The third-order valence-electron chi connectivity index (χ3n) is 14.0. The van der Waals surface area contributed by atoms with Crippen LogP contribution in [0.15, 0.2) is 97.2 Å². The first-order valence-corrected chi connectivity index (χ1v) is 34.2. The van der Waals surface area contributed by atoms with Gasteiger partial charge in [-0.05, 0) is 96.3 Å². The van der Waals surface area contributed by atoms with Crippen LogP contribution in [0.4, 0.5) is 0 Å². The summed E-state index contributed by atoms with van der Waals surface area (Å²) < 4.78 is 33.1. The van der Waals surface area contributed by atoms with Gasteiger partial charge in [0.2, 0.25) is 0 Å². The Morgan fingerprint density at radius 1 is 0.392 bits per heavy atom. The van der Waals surface area contributed by atoms with Crippen LogP contribution in [0.1, 0.15) is 296 Å². The quantitative estimate of drug-likeness (QED) is 0.0264. The van der Waals surface area contributed by atoms with E-state index in [2.05, 4.69) is 111 Å². The predicted molar refractivity (Wildman–Crippen MR) is 339 cm³/mol. The third-order valence-corrected chi connectivity index (χ3v) is 14.9. The van der Waals surface area contributed by atoms with Crippen LogP contribution in [0.25, 0.3) is 0 Å². The summed E-state index contributed by atoms with van der Waals surface area (Å²) in [6, 6.07) is 0. The molecular weight excluding hydrogens is 1000 g/mol. The summed E-state index contributed by atoms with van der Waals surface area (Å²) in [5.41, 5.74) is 5.39. The van der Waals surface area contributed by atoms with E-state index in [0.717, 1.165) is 89.9 Å². The number of unbranched alkanes of at least 4 members (excludes halogenated alkanes) is 32. The molecule has 456 valence electrons. The first kappa shape index (κ1) is 75.9. The van der Waals surface area contributed by atoms with E-state index in [-0.39, 0.29) is 38.6 Å². The molecule has 0 saturated heterocycles. The molecule has 0 saturated carbocycles. The van der Waals surface area contributed by atoms with Gasteiger partial charge in [-0.2, -0.15) is 0 Å². The maximum absolute atomic E-state index is 12.7. The normalized spacial score (nSPS) is 13.6. The molecule has 0 aliphatic carbocycles. The Morgan fingerprint density at radius 2 is 0.696 bits per heavy atom. The van der Waals surface area contributed by atoms with Gasteiger partial charge in [-0.15, -0.1) is 0 Å². The van der Waals surface area contributed by atoms with Crippen molar-refractivity contribution in [3.05, 3.63) is 97.2 Å². The molecule has 0 amide bonds. The Bertz CT molecular complexity index is 1610. The van der Waals surface area contributed by atoms with Crippen molar-refractivity contribution in [2.75, 3.05) is 26.4 Å². The maximum Gasteiger partial charge on any atom is 0.472 e. The lowest BCUT2D eigenvalue weighted by Gasteiger charge is -2.19. The highest BCUT2D eigenvalue weighted by Crippen LogP contribution is 2.43. The number of rotatable bonds is 61. The second-order valence-electron chi connectivity index (χ2n) is 21.6. The first-order chi connectivity index (χ1) is 38.8. The van der Waals surface area contributed by atoms with E-state index in [1.807, 2.05) is 0 Å². The van der Waals surface area contributed by atoms with Crippen molar-refractivity contribution in [1.82, 2.24) is 0 Å². The molecule has 0 aromatic rings. The summed E-state index contributed by atoms with van der Waals surface area (Å²) in [5.74, 6) is -0.829. The smallest absolute Gasteiger partial charge is 0.462 e. The number of ether oxygens (including phenoxy) is 2. The van der Waals surface area contributed by atoms with E-state index in [1.54, 1.807) is 0 Å². The molecule has 0 aromatic carbocycles. The molecule has 0 spiro atoms. The Balaban J connectivity index is 3.91. The number of esters is 2. The Morgan fingerprint density at radius 3 is 1.04 bits per heavy atom. The van der Waals surface area contributed by atoms with Gasteiger partial charge in [-0.1, -0.05) is 284 Å². The number of hydrogen-bond donors (Lipinski definition) is 2. The molecule has 79 heavy (non-hydrogen) atoms. The molecule has 0 radical (unpaired) electrons. The maximum atomic E-state index is 12.7. The van der Waals surface area contributed by atoms with E-state index < -0.39 is 26.5 Å². The monoisotopic (exact) mass is 1120 g/mol. The standard InChI is InChI=1S/C69H122NO8P/c1-3-5-7-9-11-13-15-17-19-21-23-25-27-29-30-31-32-33-34-35-36-38-39-41-43-45-47-49-51-53-55-57-59-61-68(71)75-65-67(66-77-79(73,74)76-64-63-70)78-69(72)62-60-58-56-54-52-50-48-46-44-42-40-37-28-26-24-22-20-18-16-14-12-10-8-6-4-2/h6,8,12,14-15,17-18,20-21,23-24,26-27,29,37,40,67H,3-5,7,9-11,13,16,19,22,25,28,30-36,38-39,41-66,70H2,1-2H3,(H,73,74)/b8-6-,14-12-,17-15-,20-18-,23-21-,26-24-,29-27-,40-37-. The fraction of sp³-hybridized carbons (Fsp3) is 0.739. The Hall–Kier alpha value is -3.07. The van der Waals surface area contributed by atoms with Crippen molar-refractivity contribution in [1.29, 1.82) is 0 Å². The first-order valence-electron chi connectivity index (χ1n) is 32.7. The largest absolute Gasteiger partial charge is 0.472 e. The molecule has 0 aliphatic rings. The summed E-state index contributed by atoms with van der Waals surface area (Å²) in [7, 11) is -4.40. The molecule has 10 heteroatoms. The molecule has 3 N–H and O–H groups in total. The lowest BCUT2D eigenvalue weighted by molar-refractivity contribution is -0.161. The number of hydrogen-bond acceptors (Lipinski definition) is 8. The Labute approximate surface area is 486 Å². The van der Waals surface area contributed by atoms with Crippen molar-refractivity contribution < 1.29 is 37.6 Å². The number of carbonyl (C=O) groups is 2. The zero-order valence-electron chi connectivity index (χ0n) is 51.1. The van der Waals surface area contributed by atoms with Gasteiger partial charge in [0.25, 0.3) is 0 Å². The SMILES string of the molecule is CC/C=C\C/C=C\C/C=C\C/C=C\C/C=C\CCCCCCCCCCCC(=O)OC(COC(=O)CCCCCCCCCCCCCCCCCCCC/C=C\C/C=C\C/C=C\CCCCCCC)COP(=O)(O)OCCN. The highest BCUT2D eigenvalue weighted by molar-refractivity contribution is 7.47. The zero-order chi connectivity index (χ0) is 57.3. The van der Waals surface area contributed by atoms with Crippen LogP contribution in [0, 0.1) is 0 Å². The second kappa shape index (κ2) is 64.1. The second-order valence-corrected chi connectivity index (χ2v) is 23.1. The summed E-state index contributed by atoms with van der Waals surface area (Å²) in [5, 5.41) is 0. The average Bonchev–Trinajstić information content (AvgIpc) is 3.44.